The smallest absolute Gasteiger partial charge is 0.250 e. The number of nitrogens with two attached hydrogens (primary N) is 2. The zero-order chi connectivity index (χ0) is 38.5. The molecule has 55 heavy (non-hydrogen) atoms. The van der Waals surface area contributed by atoms with Crippen LogP contribution < -0.4 is 26.8 Å². The van der Waals surface area contributed by atoms with E-state index in [0.717, 1.165) is 103 Å². The Labute approximate surface area is 320 Å². The standard InChI is InChI=1S/C21H22N6O.C21H22N6/c1-25-9-6-16(12-21(25)28)19-13-20(26-10-7-17(23)8-11-26)24-27(19)18-4-2-15(14-22)3-5-18;1-15-2-5-17(14-24-15)20-12-21(26-10-8-18(23)9-11-26)25-27(20)19-6-3-16(13-22)4-7-19/h2-6,9,12-13,17H,7-8,10-11,23H2,1H3;2-7,12,14,18H,8-11,23H2,1H3. The van der Waals surface area contributed by atoms with Gasteiger partial charge in [0.1, 0.15) is 0 Å². The molecular formula is C42H44N12O. The molecule has 0 amide bonds. The van der Waals surface area contributed by atoms with Gasteiger partial charge in [-0.05, 0) is 99.3 Å². The van der Waals surface area contributed by atoms with Crippen LogP contribution in [0.1, 0.15) is 42.5 Å². The molecule has 0 unspecified atom stereocenters. The van der Waals surface area contributed by atoms with Crippen LogP contribution in [0.15, 0.2) is 102 Å². The molecule has 6 heterocycles. The number of hydrogen-bond donors (Lipinski definition) is 2. The van der Waals surface area contributed by atoms with Gasteiger partial charge in [-0.1, -0.05) is 0 Å². The first-order chi connectivity index (χ1) is 26.7. The molecule has 4 N–H and O–H groups in total. The fourth-order valence-corrected chi connectivity index (χ4v) is 6.79. The summed E-state index contributed by atoms with van der Waals surface area (Å²) in [5.41, 5.74) is 19.6. The molecule has 2 fully saturated rings. The summed E-state index contributed by atoms with van der Waals surface area (Å²) in [5.74, 6) is 1.81. The number of hydrogen-bond acceptors (Lipinski definition) is 10. The zero-order valence-corrected chi connectivity index (χ0v) is 31.1. The van der Waals surface area contributed by atoms with E-state index in [0.29, 0.717) is 11.1 Å². The molecule has 0 spiro atoms. The Kier molecular flexibility index (Phi) is 10.9. The zero-order valence-electron chi connectivity index (χ0n) is 31.1. The summed E-state index contributed by atoms with van der Waals surface area (Å²) < 4.78 is 5.30. The number of piperidine rings is 2. The molecule has 6 aromatic rings. The van der Waals surface area contributed by atoms with Gasteiger partial charge in [0.15, 0.2) is 11.6 Å². The molecule has 2 aromatic carbocycles. The van der Waals surface area contributed by atoms with E-state index in [9.17, 15) is 4.79 Å². The average Bonchev–Trinajstić information content (AvgIpc) is 3.87. The predicted molar refractivity (Wildman–Crippen MR) is 214 cm³/mol. The van der Waals surface area contributed by atoms with Crippen LogP contribution >= 0.6 is 0 Å². The summed E-state index contributed by atoms with van der Waals surface area (Å²) in [7, 11) is 1.73. The number of aryl methyl sites for hydroxylation is 2. The molecule has 2 aliphatic rings. The second-order valence-electron chi connectivity index (χ2n) is 14.1. The van der Waals surface area contributed by atoms with Crippen molar-refractivity contribution in [3.8, 4) is 46.0 Å². The van der Waals surface area contributed by atoms with Crippen molar-refractivity contribution in [3.63, 3.8) is 0 Å². The highest BCUT2D eigenvalue weighted by Gasteiger charge is 2.23. The van der Waals surface area contributed by atoms with Crippen molar-refractivity contribution >= 4 is 11.6 Å². The second kappa shape index (κ2) is 16.2. The number of nitrogens with zero attached hydrogens (tertiary/aromatic N) is 10. The maximum Gasteiger partial charge on any atom is 0.250 e. The third-order valence-corrected chi connectivity index (χ3v) is 10.2. The Morgan fingerprint density at radius 2 is 1.13 bits per heavy atom. The van der Waals surface area contributed by atoms with E-state index >= 15 is 0 Å². The molecule has 2 saturated heterocycles. The Morgan fingerprint density at radius 1 is 0.655 bits per heavy atom. The number of benzene rings is 2. The normalized spacial score (nSPS) is 14.9. The Balaban J connectivity index is 0.000000169. The minimum absolute atomic E-state index is 0.0735. The first-order valence-corrected chi connectivity index (χ1v) is 18.5. The Hall–Kier alpha value is -6.54. The van der Waals surface area contributed by atoms with Gasteiger partial charge in [-0.25, -0.2) is 9.36 Å². The fourth-order valence-electron chi connectivity index (χ4n) is 6.79. The van der Waals surface area contributed by atoms with Gasteiger partial charge in [-0.3, -0.25) is 9.78 Å². The van der Waals surface area contributed by atoms with Crippen LogP contribution in [-0.2, 0) is 7.05 Å². The highest BCUT2D eigenvalue weighted by molar-refractivity contribution is 5.67. The first kappa shape index (κ1) is 36.8. The summed E-state index contributed by atoms with van der Waals surface area (Å²) in [5, 5.41) is 27.8. The molecule has 0 atom stereocenters. The monoisotopic (exact) mass is 732 g/mol. The van der Waals surface area contributed by atoms with Crippen molar-refractivity contribution in [2.45, 2.75) is 44.7 Å². The van der Waals surface area contributed by atoms with Crippen LogP contribution in [-0.4, -0.2) is 67.4 Å². The van der Waals surface area contributed by atoms with Crippen LogP contribution in [0.5, 0.6) is 0 Å². The summed E-state index contributed by atoms with van der Waals surface area (Å²) in [6.07, 6.45) is 7.46. The predicted octanol–water partition coefficient (Wildman–Crippen LogP) is 5.08. The van der Waals surface area contributed by atoms with Crippen LogP contribution in [0.2, 0.25) is 0 Å². The van der Waals surface area contributed by atoms with Gasteiger partial charge in [-0.2, -0.15) is 10.5 Å². The molecule has 4 aromatic heterocycles. The number of aromatic nitrogens is 6. The topological polar surface area (TPSA) is 177 Å². The van der Waals surface area contributed by atoms with Gasteiger partial charge in [0.25, 0.3) is 5.56 Å². The fraction of sp³-hybridized carbons (Fsp3) is 0.286. The van der Waals surface area contributed by atoms with Gasteiger partial charge in [0, 0.05) is 92.7 Å². The molecular weight excluding hydrogens is 689 g/mol. The van der Waals surface area contributed by atoms with Gasteiger partial charge in [-0.15, -0.1) is 10.2 Å². The van der Waals surface area contributed by atoms with E-state index in [1.807, 2.05) is 77.1 Å². The van der Waals surface area contributed by atoms with Crippen molar-refractivity contribution < 1.29 is 0 Å². The van der Waals surface area contributed by atoms with Crippen LogP contribution in [0.3, 0.4) is 0 Å². The molecule has 278 valence electrons. The van der Waals surface area contributed by atoms with Crippen molar-refractivity contribution in [1.82, 2.24) is 29.1 Å². The Morgan fingerprint density at radius 3 is 1.55 bits per heavy atom. The summed E-state index contributed by atoms with van der Waals surface area (Å²) in [4.78, 5) is 21.1. The van der Waals surface area contributed by atoms with E-state index in [2.05, 4.69) is 39.1 Å². The summed E-state index contributed by atoms with van der Waals surface area (Å²) >= 11 is 0. The molecule has 0 aliphatic carbocycles. The van der Waals surface area contributed by atoms with Crippen LogP contribution in [0.4, 0.5) is 11.6 Å². The lowest BCUT2D eigenvalue weighted by molar-refractivity contribution is 0.498. The third kappa shape index (κ3) is 8.34. The first-order valence-electron chi connectivity index (χ1n) is 18.5. The molecule has 8 rings (SSSR count). The van der Waals surface area contributed by atoms with E-state index in [4.69, 9.17) is 32.2 Å². The van der Waals surface area contributed by atoms with E-state index in [-0.39, 0.29) is 17.6 Å². The van der Waals surface area contributed by atoms with Gasteiger partial charge < -0.3 is 25.8 Å². The number of anilines is 2. The van der Waals surface area contributed by atoms with Gasteiger partial charge in [0.2, 0.25) is 0 Å². The average molecular weight is 733 g/mol. The van der Waals surface area contributed by atoms with Crippen molar-refractivity contribution in [1.29, 1.82) is 10.5 Å². The minimum Gasteiger partial charge on any atom is -0.355 e. The molecule has 13 nitrogen and oxygen atoms in total. The maximum absolute atomic E-state index is 12.2. The van der Waals surface area contributed by atoms with Crippen molar-refractivity contribution in [2.75, 3.05) is 36.0 Å². The lowest BCUT2D eigenvalue weighted by Gasteiger charge is -2.30. The second-order valence-corrected chi connectivity index (χ2v) is 14.1. The largest absolute Gasteiger partial charge is 0.355 e. The third-order valence-electron chi connectivity index (χ3n) is 10.2. The summed E-state index contributed by atoms with van der Waals surface area (Å²) in [6.45, 7) is 5.53. The van der Waals surface area contributed by atoms with Gasteiger partial charge >= 0.3 is 0 Å². The number of nitriles is 2. The van der Waals surface area contributed by atoms with Gasteiger partial charge in [0.05, 0.1) is 46.0 Å². The van der Waals surface area contributed by atoms with E-state index in [1.54, 1.807) is 36.0 Å². The highest BCUT2D eigenvalue weighted by atomic mass is 16.1. The number of rotatable bonds is 6. The highest BCUT2D eigenvalue weighted by Crippen LogP contribution is 2.30. The van der Waals surface area contributed by atoms with Crippen molar-refractivity contribution in [2.24, 2.45) is 18.5 Å². The lowest BCUT2D eigenvalue weighted by atomic mass is 10.1. The minimum atomic E-state index is -0.0735. The summed E-state index contributed by atoms with van der Waals surface area (Å²) in [6, 6.07) is 31.3. The molecule has 0 radical (unpaired) electrons. The molecule has 13 heteroatoms. The molecule has 0 saturated carbocycles. The van der Waals surface area contributed by atoms with Crippen molar-refractivity contribution in [3.05, 3.63) is 124 Å². The van der Waals surface area contributed by atoms with Crippen LogP contribution in [0.25, 0.3) is 33.9 Å². The SMILES string of the molecule is Cc1ccc(-c2cc(N3CCC(N)CC3)nn2-c2ccc(C#N)cc2)cn1.Cn1ccc(-c2cc(N3CCC(N)CC3)nn2-c2ccc(C#N)cc2)cc1=O. The Bertz CT molecular complexity index is 2380. The van der Waals surface area contributed by atoms with E-state index in [1.165, 1.54) is 0 Å². The number of pyridine rings is 2. The molecule has 0 bridgehead atoms. The van der Waals surface area contributed by atoms with Crippen LogP contribution in [0, 0.1) is 29.6 Å². The molecule has 2 aliphatic heterocycles. The van der Waals surface area contributed by atoms with E-state index < -0.39 is 0 Å². The quantitative estimate of drug-likeness (QED) is 0.235. The lowest BCUT2D eigenvalue weighted by Crippen LogP contribution is -2.39. The maximum atomic E-state index is 12.2.